The molecular formula is C22H18F3N3O. The van der Waals surface area contributed by atoms with Crippen LogP contribution in [0.5, 0.6) is 0 Å². The normalized spacial score (nSPS) is 14.0. The number of amides is 1. The summed E-state index contributed by atoms with van der Waals surface area (Å²) in [5.41, 5.74) is 1.44. The van der Waals surface area contributed by atoms with Crippen molar-refractivity contribution in [1.29, 1.82) is 0 Å². The van der Waals surface area contributed by atoms with Crippen molar-refractivity contribution >= 4 is 17.3 Å². The number of halogens is 3. The predicted molar refractivity (Wildman–Crippen MR) is 105 cm³/mol. The van der Waals surface area contributed by atoms with Crippen LogP contribution >= 0.6 is 0 Å². The maximum atomic E-state index is 13.5. The fourth-order valence-electron chi connectivity index (χ4n) is 3.51. The zero-order valence-corrected chi connectivity index (χ0v) is 15.4. The number of carbonyl (C=O) groups is 1. The summed E-state index contributed by atoms with van der Waals surface area (Å²) in [6.45, 7) is 0. The Kier molecular flexibility index (Phi) is 4.96. The first-order valence-corrected chi connectivity index (χ1v) is 9.25. The third-order valence-electron chi connectivity index (χ3n) is 4.82. The Labute approximate surface area is 165 Å². The lowest BCUT2D eigenvalue weighted by molar-refractivity contribution is -0.112. The molecule has 1 heterocycles. The molecule has 0 unspecified atom stereocenters. The molecule has 0 fully saturated rings. The van der Waals surface area contributed by atoms with Crippen molar-refractivity contribution in [2.75, 3.05) is 5.32 Å². The van der Waals surface area contributed by atoms with Crippen LogP contribution in [0.3, 0.4) is 0 Å². The third-order valence-corrected chi connectivity index (χ3v) is 4.82. The van der Waals surface area contributed by atoms with Gasteiger partial charge in [0.1, 0.15) is 5.82 Å². The third kappa shape index (κ3) is 3.94. The number of benzene rings is 2. The molecule has 2 aromatic carbocycles. The second kappa shape index (κ2) is 7.58. The van der Waals surface area contributed by atoms with Crippen molar-refractivity contribution in [3.05, 3.63) is 83.6 Å². The van der Waals surface area contributed by atoms with E-state index in [9.17, 15) is 18.0 Å². The molecule has 3 aromatic rings. The van der Waals surface area contributed by atoms with Gasteiger partial charge in [0.15, 0.2) is 0 Å². The van der Waals surface area contributed by atoms with Crippen LogP contribution in [0.1, 0.15) is 23.2 Å². The van der Waals surface area contributed by atoms with E-state index >= 15 is 0 Å². The molecule has 0 atom stereocenters. The number of anilines is 1. The Bertz CT molecular complexity index is 1050. The highest BCUT2D eigenvalue weighted by Crippen LogP contribution is 2.34. The van der Waals surface area contributed by atoms with Crippen molar-refractivity contribution < 1.29 is 18.0 Å². The van der Waals surface area contributed by atoms with E-state index in [1.54, 1.807) is 10.7 Å². The minimum Gasteiger partial charge on any atom is -0.307 e. The van der Waals surface area contributed by atoms with Crippen LogP contribution in [0.25, 0.3) is 11.3 Å². The summed E-state index contributed by atoms with van der Waals surface area (Å²) in [6, 6.07) is 16.5. The van der Waals surface area contributed by atoms with Crippen LogP contribution < -0.4 is 5.32 Å². The molecule has 1 aromatic heterocycles. The molecule has 1 aliphatic carbocycles. The molecule has 0 aliphatic heterocycles. The molecule has 1 N–H and O–H groups in total. The van der Waals surface area contributed by atoms with Crippen molar-refractivity contribution in [3.63, 3.8) is 0 Å². The van der Waals surface area contributed by atoms with Gasteiger partial charge < -0.3 is 5.32 Å². The van der Waals surface area contributed by atoms with Gasteiger partial charge >= 0.3 is 6.18 Å². The van der Waals surface area contributed by atoms with Gasteiger partial charge in [-0.1, -0.05) is 48.5 Å². The Balaban J connectivity index is 1.71. The first-order chi connectivity index (χ1) is 13.9. The lowest BCUT2D eigenvalue weighted by Gasteiger charge is -2.13. The van der Waals surface area contributed by atoms with Gasteiger partial charge in [0.25, 0.3) is 0 Å². The maximum Gasteiger partial charge on any atom is 0.417 e. The second-order valence-electron chi connectivity index (χ2n) is 6.79. The number of hydrogen-bond acceptors (Lipinski definition) is 2. The summed E-state index contributed by atoms with van der Waals surface area (Å²) in [4.78, 5) is 12.6. The molecule has 1 aliphatic rings. The summed E-state index contributed by atoms with van der Waals surface area (Å²) in [7, 11) is 0. The molecule has 4 nitrogen and oxygen atoms in total. The Morgan fingerprint density at radius 3 is 2.31 bits per heavy atom. The molecule has 0 saturated carbocycles. The number of rotatable bonds is 4. The Morgan fingerprint density at radius 2 is 1.66 bits per heavy atom. The molecule has 148 valence electrons. The fourth-order valence-corrected chi connectivity index (χ4v) is 3.51. The second-order valence-corrected chi connectivity index (χ2v) is 6.79. The maximum absolute atomic E-state index is 13.5. The Morgan fingerprint density at radius 1 is 1.00 bits per heavy atom. The van der Waals surface area contributed by atoms with Gasteiger partial charge in [-0.05, 0) is 37.0 Å². The van der Waals surface area contributed by atoms with E-state index < -0.39 is 17.7 Å². The highest BCUT2D eigenvalue weighted by atomic mass is 19.4. The number of nitrogens with one attached hydrogen (secondary N) is 1. The minimum absolute atomic E-state index is 0.0584. The van der Waals surface area contributed by atoms with E-state index in [0.29, 0.717) is 11.9 Å². The average Bonchev–Trinajstić information content (AvgIpc) is 3.29. The van der Waals surface area contributed by atoms with Crippen LogP contribution in [-0.2, 0) is 17.6 Å². The molecule has 0 radical (unpaired) electrons. The van der Waals surface area contributed by atoms with Crippen LogP contribution in [0.15, 0.2) is 66.7 Å². The van der Waals surface area contributed by atoms with Gasteiger partial charge in [-0.2, -0.15) is 18.3 Å². The van der Waals surface area contributed by atoms with Crippen molar-refractivity contribution in [2.24, 2.45) is 0 Å². The van der Waals surface area contributed by atoms with Crippen LogP contribution in [0, 0.1) is 0 Å². The van der Waals surface area contributed by atoms with Crippen molar-refractivity contribution in [3.8, 4) is 5.69 Å². The summed E-state index contributed by atoms with van der Waals surface area (Å²) < 4.78 is 42.2. The summed E-state index contributed by atoms with van der Waals surface area (Å²) in [5, 5.41) is 7.21. The molecule has 0 bridgehead atoms. The van der Waals surface area contributed by atoms with E-state index in [-0.39, 0.29) is 5.56 Å². The zero-order valence-electron chi connectivity index (χ0n) is 15.4. The standard InChI is InChI=1S/C22H18F3N3O/c23-22(24,25)18(15-8-3-1-4-9-15)14-20(29)26-21-17-12-7-13-19(17)27-28(21)16-10-5-2-6-11-16/h1-6,8-11,14H,7,12-13H2,(H,26,29)/b18-14+. The molecular weight excluding hydrogens is 379 g/mol. The molecule has 29 heavy (non-hydrogen) atoms. The lowest BCUT2D eigenvalue weighted by Crippen LogP contribution is -2.18. The van der Waals surface area contributed by atoms with Gasteiger partial charge in [0.05, 0.1) is 17.0 Å². The lowest BCUT2D eigenvalue weighted by atomic mass is 10.1. The highest BCUT2D eigenvalue weighted by molar-refractivity contribution is 6.04. The topological polar surface area (TPSA) is 46.9 Å². The fraction of sp³-hybridized carbons (Fsp3) is 0.182. The van der Waals surface area contributed by atoms with Gasteiger partial charge in [-0.3, -0.25) is 4.79 Å². The molecule has 1 amide bonds. The van der Waals surface area contributed by atoms with E-state index in [0.717, 1.165) is 36.2 Å². The van der Waals surface area contributed by atoms with Crippen LogP contribution in [0.4, 0.5) is 19.0 Å². The number of para-hydroxylation sites is 1. The molecule has 4 rings (SSSR count). The molecule has 0 saturated heterocycles. The van der Waals surface area contributed by atoms with Crippen molar-refractivity contribution in [1.82, 2.24) is 9.78 Å². The number of aryl methyl sites for hydroxylation is 1. The number of aromatic nitrogens is 2. The van der Waals surface area contributed by atoms with Crippen LogP contribution in [-0.4, -0.2) is 21.9 Å². The van der Waals surface area contributed by atoms with Gasteiger partial charge in [0.2, 0.25) is 5.91 Å². The number of alkyl halides is 3. The minimum atomic E-state index is -4.65. The van der Waals surface area contributed by atoms with Gasteiger partial charge in [-0.15, -0.1) is 0 Å². The number of carbonyl (C=O) groups excluding carboxylic acids is 1. The number of allylic oxidation sites excluding steroid dienone is 1. The van der Waals surface area contributed by atoms with E-state index in [1.807, 2.05) is 30.3 Å². The average molecular weight is 397 g/mol. The quantitative estimate of drug-likeness (QED) is 0.634. The SMILES string of the molecule is O=C(/C=C(\c1ccccc1)C(F)(F)F)Nc1c2c(nn1-c1ccccc1)CCC2. The van der Waals surface area contributed by atoms with E-state index in [4.69, 9.17) is 0 Å². The summed E-state index contributed by atoms with van der Waals surface area (Å²) in [6.07, 6.45) is -1.62. The number of nitrogens with zero attached hydrogens (tertiary/aromatic N) is 2. The predicted octanol–water partition coefficient (Wildman–Crippen LogP) is 4.95. The van der Waals surface area contributed by atoms with Gasteiger partial charge in [0, 0.05) is 11.6 Å². The van der Waals surface area contributed by atoms with Crippen molar-refractivity contribution in [2.45, 2.75) is 25.4 Å². The molecule has 7 heteroatoms. The monoisotopic (exact) mass is 397 g/mol. The van der Waals surface area contributed by atoms with Gasteiger partial charge in [-0.25, -0.2) is 4.68 Å². The zero-order chi connectivity index (χ0) is 20.4. The largest absolute Gasteiger partial charge is 0.417 e. The highest BCUT2D eigenvalue weighted by Gasteiger charge is 2.35. The summed E-state index contributed by atoms with van der Waals surface area (Å²) in [5.74, 6) is -0.410. The van der Waals surface area contributed by atoms with E-state index in [2.05, 4.69) is 10.4 Å². The summed E-state index contributed by atoms with van der Waals surface area (Å²) >= 11 is 0. The van der Waals surface area contributed by atoms with Crippen LogP contribution in [0.2, 0.25) is 0 Å². The smallest absolute Gasteiger partial charge is 0.307 e. The first-order valence-electron chi connectivity index (χ1n) is 9.25. The Hall–Kier alpha value is -3.35. The van der Waals surface area contributed by atoms with E-state index in [1.165, 1.54) is 24.3 Å². The number of hydrogen-bond donors (Lipinski definition) is 1. The molecule has 0 spiro atoms. The first kappa shape index (κ1) is 19.0. The number of fused-ring (bicyclic) bond motifs is 1.